The van der Waals surface area contributed by atoms with Crippen LogP contribution in [0.2, 0.25) is 5.02 Å². The predicted molar refractivity (Wildman–Crippen MR) is 56.2 cm³/mol. The lowest BCUT2D eigenvalue weighted by molar-refractivity contribution is 0.0848. The van der Waals surface area contributed by atoms with Gasteiger partial charge in [-0.05, 0) is 12.1 Å². The Labute approximate surface area is 88.0 Å². The number of nitrogens with one attached hydrogen (secondary N) is 1. The molecule has 0 aromatic heterocycles. The molecule has 1 aromatic rings. The Morgan fingerprint density at radius 1 is 1.64 bits per heavy atom. The van der Waals surface area contributed by atoms with Crippen LogP contribution in [0.5, 0.6) is 5.75 Å². The highest BCUT2D eigenvalue weighted by Gasteiger charge is 2.18. The lowest BCUT2D eigenvalue weighted by atomic mass is 10.2. The van der Waals surface area contributed by atoms with Crippen LogP contribution in [0.15, 0.2) is 18.2 Å². The van der Waals surface area contributed by atoms with Crippen LogP contribution in [-0.2, 0) is 4.74 Å². The lowest BCUT2D eigenvalue weighted by Gasteiger charge is -2.26. The summed E-state index contributed by atoms with van der Waals surface area (Å²) < 4.78 is 10.7. The Morgan fingerprint density at radius 3 is 3.29 bits per heavy atom. The maximum atomic E-state index is 5.86. The van der Waals surface area contributed by atoms with E-state index in [1.807, 2.05) is 18.2 Å². The average molecular weight is 214 g/mol. The number of rotatable bonds is 2. The summed E-state index contributed by atoms with van der Waals surface area (Å²) in [6, 6.07) is 5.57. The first kappa shape index (κ1) is 9.62. The van der Waals surface area contributed by atoms with Gasteiger partial charge in [-0.15, -0.1) is 0 Å². The number of fused-ring (bicyclic) bond motifs is 1. The molecule has 0 aliphatic carbocycles. The third kappa shape index (κ3) is 1.94. The fraction of sp³-hybridized carbons (Fsp3) is 0.400. The summed E-state index contributed by atoms with van der Waals surface area (Å²) in [5.74, 6) is 0.797. The van der Waals surface area contributed by atoms with Crippen molar-refractivity contribution in [3.05, 3.63) is 23.2 Å². The molecular weight excluding hydrogens is 202 g/mol. The number of hydrogen-bond acceptors (Lipinski definition) is 3. The van der Waals surface area contributed by atoms with E-state index < -0.39 is 0 Å². The molecule has 1 aliphatic heterocycles. The second-order valence-electron chi connectivity index (χ2n) is 3.22. The first-order valence-electron chi connectivity index (χ1n) is 4.48. The molecular formula is C10H12ClNO2. The molecule has 0 radical (unpaired) electrons. The zero-order chi connectivity index (χ0) is 9.97. The van der Waals surface area contributed by atoms with Gasteiger partial charge < -0.3 is 14.8 Å². The molecule has 1 N–H and O–H groups in total. The monoisotopic (exact) mass is 213 g/mol. The van der Waals surface area contributed by atoms with Crippen LogP contribution in [0, 0.1) is 0 Å². The molecule has 0 amide bonds. The predicted octanol–water partition coefficient (Wildman–Crippen LogP) is 2.16. The van der Waals surface area contributed by atoms with Gasteiger partial charge in [-0.25, -0.2) is 0 Å². The SMILES string of the molecule is COCC1CNc2ccc(Cl)cc2O1. The van der Waals surface area contributed by atoms with Crippen LogP contribution in [0.25, 0.3) is 0 Å². The van der Waals surface area contributed by atoms with Crippen LogP contribution < -0.4 is 10.1 Å². The van der Waals surface area contributed by atoms with Crippen molar-refractivity contribution in [2.75, 3.05) is 25.6 Å². The number of hydrogen-bond donors (Lipinski definition) is 1. The summed E-state index contributed by atoms with van der Waals surface area (Å²) in [5, 5.41) is 3.94. The maximum Gasteiger partial charge on any atom is 0.144 e. The van der Waals surface area contributed by atoms with Crippen molar-refractivity contribution in [3.8, 4) is 5.75 Å². The minimum Gasteiger partial charge on any atom is -0.484 e. The van der Waals surface area contributed by atoms with E-state index in [1.54, 1.807) is 7.11 Å². The standard InChI is InChI=1S/C10H12ClNO2/c1-13-6-8-5-12-9-3-2-7(11)4-10(9)14-8/h2-4,8,12H,5-6H2,1H3. The van der Waals surface area contributed by atoms with Crippen molar-refractivity contribution in [3.63, 3.8) is 0 Å². The summed E-state index contributed by atoms with van der Waals surface area (Å²) in [7, 11) is 1.66. The fourth-order valence-electron chi connectivity index (χ4n) is 1.46. The van der Waals surface area contributed by atoms with Gasteiger partial charge >= 0.3 is 0 Å². The molecule has 14 heavy (non-hydrogen) atoms. The highest BCUT2D eigenvalue weighted by Crippen LogP contribution is 2.31. The Bertz CT molecular complexity index is 330. The van der Waals surface area contributed by atoms with Crippen molar-refractivity contribution in [2.24, 2.45) is 0 Å². The minimum atomic E-state index is 0.0611. The van der Waals surface area contributed by atoms with Crippen LogP contribution in [0.4, 0.5) is 5.69 Å². The van der Waals surface area contributed by atoms with Gasteiger partial charge in [0.15, 0.2) is 0 Å². The van der Waals surface area contributed by atoms with Gasteiger partial charge in [0.1, 0.15) is 11.9 Å². The van der Waals surface area contributed by atoms with E-state index in [0.29, 0.717) is 11.6 Å². The Balaban J connectivity index is 2.16. The van der Waals surface area contributed by atoms with Gasteiger partial charge in [0.2, 0.25) is 0 Å². The van der Waals surface area contributed by atoms with Crippen molar-refractivity contribution in [2.45, 2.75) is 6.10 Å². The van der Waals surface area contributed by atoms with Crippen molar-refractivity contribution in [1.82, 2.24) is 0 Å². The first-order chi connectivity index (χ1) is 6.79. The van der Waals surface area contributed by atoms with Gasteiger partial charge in [-0.3, -0.25) is 0 Å². The smallest absolute Gasteiger partial charge is 0.144 e. The summed E-state index contributed by atoms with van der Waals surface area (Å²) in [4.78, 5) is 0. The Morgan fingerprint density at radius 2 is 2.50 bits per heavy atom. The zero-order valence-electron chi connectivity index (χ0n) is 7.92. The highest BCUT2D eigenvalue weighted by molar-refractivity contribution is 6.30. The summed E-state index contributed by atoms with van der Waals surface area (Å²) in [6.07, 6.45) is 0.0611. The molecule has 1 aliphatic rings. The lowest BCUT2D eigenvalue weighted by Crippen LogP contribution is -2.34. The van der Waals surface area contributed by atoms with Crippen LogP contribution in [0.3, 0.4) is 0 Å². The molecule has 0 bridgehead atoms. The molecule has 3 nitrogen and oxygen atoms in total. The van der Waals surface area contributed by atoms with E-state index in [2.05, 4.69) is 5.32 Å². The largest absolute Gasteiger partial charge is 0.484 e. The molecule has 0 spiro atoms. The van der Waals surface area contributed by atoms with E-state index in [-0.39, 0.29) is 6.10 Å². The third-order valence-electron chi connectivity index (χ3n) is 2.11. The van der Waals surface area contributed by atoms with Crippen molar-refractivity contribution in [1.29, 1.82) is 0 Å². The first-order valence-corrected chi connectivity index (χ1v) is 4.86. The van der Waals surface area contributed by atoms with E-state index in [1.165, 1.54) is 0 Å². The molecule has 1 unspecified atom stereocenters. The minimum absolute atomic E-state index is 0.0611. The van der Waals surface area contributed by atoms with E-state index in [0.717, 1.165) is 18.0 Å². The van der Waals surface area contributed by atoms with Gasteiger partial charge in [-0.1, -0.05) is 11.6 Å². The number of benzene rings is 1. The topological polar surface area (TPSA) is 30.5 Å². The van der Waals surface area contributed by atoms with Crippen LogP contribution in [0.1, 0.15) is 0 Å². The summed E-state index contributed by atoms with van der Waals surface area (Å²) in [6.45, 7) is 1.35. The van der Waals surface area contributed by atoms with E-state index >= 15 is 0 Å². The molecule has 1 atom stereocenters. The summed E-state index contributed by atoms with van der Waals surface area (Å²) >= 11 is 5.86. The van der Waals surface area contributed by atoms with Crippen molar-refractivity contribution < 1.29 is 9.47 Å². The van der Waals surface area contributed by atoms with E-state index in [4.69, 9.17) is 21.1 Å². The fourth-order valence-corrected chi connectivity index (χ4v) is 1.63. The third-order valence-corrected chi connectivity index (χ3v) is 2.35. The number of ether oxygens (including phenoxy) is 2. The number of halogens is 1. The quantitative estimate of drug-likeness (QED) is 0.817. The number of methoxy groups -OCH3 is 1. The van der Waals surface area contributed by atoms with Gasteiger partial charge in [0.25, 0.3) is 0 Å². The molecule has 0 saturated carbocycles. The second-order valence-corrected chi connectivity index (χ2v) is 3.65. The average Bonchev–Trinajstić information content (AvgIpc) is 2.17. The normalized spacial score (nSPS) is 19.4. The molecule has 76 valence electrons. The van der Waals surface area contributed by atoms with Gasteiger partial charge in [-0.2, -0.15) is 0 Å². The Hall–Kier alpha value is -0.930. The molecule has 2 rings (SSSR count). The Kier molecular flexibility index (Phi) is 2.79. The number of anilines is 1. The second kappa shape index (κ2) is 4.07. The molecule has 1 aromatic carbocycles. The molecule has 0 fully saturated rings. The van der Waals surface area contributed by atoms with Crippen LogP contribution in [-0.4, -0.2) is 26.4 Å². The highest BCUT2D eigenvalue weighted by atomic mass is 35.5. The van der Waals surface area contributed by atoms with Crippen LogP contribution >= 0.6 is 11.6 Å². The zero-order valence-corrected chi connectivity index (χ0v) is 8.67. The van der Waals surface area contributed by atoms with Gasteiger partial charge in [0, 0.05) is 18.2 Å². The van der Waals surface area contributed by atoms with Crippen molar-refractivity contribution >= 4 is 17.3 Å². The molecule has 1 heterocycles. The molecule has 4 heteroatoms. The van der Waals surface area contributed by atoms with E-state index in [9.17, 15) is 0 Å². The molecule has 0 saturated heterocycles. The van der Waals surface area contributed by atoms with Gasteiger partial charge in [0.05, 0.1) is 18.8 Å². The maximum absolute atomic E-state index is 5.86. The summed E-state index contributed by atoms with van der Waals surface area (Å²) in [5.41, 5.74) is 0.988.